The molecule has 0 aliphatic carbocycles. The molecule has 0 bridgehead atoms. The van der Waals surface area contributed by atoms with Gasteiger partial charge in [-0.3, -0.25) is 9.69 Å². The fourth-order valence-electron chi connectivity index (χ4n) is 2.99. The Bertz CT molecular complexity index is 444. The largest absolute Gasteiger partial charge is 0.481 e. The van der Waals surface area contributed by atoms with Gasteiger partial charge in [0, 0.05) is 25.0 Å². The molecule has 0 saturated carbocycles. The molecule has 1 fully saturated rings. The molecule has 0 radical (unpaired) electrons. The van der Waals surface area contributed by atoms with Gasteiger partial charge in [0.15, 0.2) is 0 Å². The summed E-state index contributed by atoms with van der Waals surface area (Å²) in [5, 5.41) is 9.11. The summed E-state index contributed by atoms with van der Waals surface area (Å²) in [7, 11) is 0. The van der Waals surface area contributed by atoms with Crippen LogP contribution in [0.3, 0.4) is 0 Å². The van der Waals surface area contributed by atoms with E-state index in [1.165, 1.54) is 5.56 Å². The Kier molecular flexibility index (Phi) is 4.48. The van der Waals surface area contributed by atoms with Gasteiger partial charge in [-0.1, -0.05) is 51.1 Å². The van der Waals surface area contributed by atoms with Gasteiger partial charge in [-0.15, -0.1) is 0 Å². The van der Waals surface area contributed by atoms with Crippen molar-refractivity contribution in [3.05, 3.63) is 35.9 Å². The van der Waals surface area contributed by atoms with E-state index >= 15 is 0 Å². The fraction of sp³-hybridized carbons (Fsp3) is 0.588. The predicted molar refractivity (Wildman–Crippen MR) is 80.9 cm³/mol. The molecular formula is C17H25NO2. The van der Waals surface area contributed by atoms with Crippen molar-refractivity contribution in [2.24, 2.45) is 5.41 Å². The van der Waals surface area contributed by atoms with Gasteiger partial charge in [-0.2, -0.15) is 0 Å². The Balaban J connectivity index is 1.94. The van der Waals surface area contributed by atoms with Crippen LogP contribution >= 0.6 is 0 Å². The third kappa shape index (κ3) is 4.07. The van der Waals surface area contributed by atoms with Crippen LogP contribution in [0.4, 0.5) is 0 Å². The molecule has 0 aromatic heterocycles. The molecule has 1 unspecified atom stereocenters. The summed E-state index contributed by atoms with van der Waals surface area (Å²) in [5.41, 5.74) is 1.53. The maximum atomic E-state index is 11.1. The van der Waals surface area contributed by atoms with Crippen molar-refractivity contribution in [2.75, 3.05) is 13.1 Å². The topological polar surface area (TPSA) is 40.5 Å². The van der Waals surface area contributed by atoms with Gasteiger partial charge in [0.25, 0.3) is 0 Å². The summed E-state index contributed by atoms with van der Waals surface area (Å²) < 4.78 is 0. The van der Waals surface area contributed by atoms with E-state index < -0.39 is 5.97 Å². The van der Waals surface area contributed by atoms with E-state index in [9.17, 15) is 4.79 Å². The minimum atomic E-state index is -0.692. The lowest BCUT2D eigenvalue weighted by atomic mass is 9.82. The zero-order valence-corrected chi connectivity index (χ0v) is 12.7. The van der Waals surface area contributed by atoms with Crippen LogP contribution in [0.25, 0.3) is 0 Å². The molecule has 1 aliphatic rings. The lowest BCUT2D eigenvalue weighted by Crippen LogP contribution is -2.52. The SMILES string of the molecule is CC(C)(C)CC(CC(=O)O)N1CC(c2ccccc2)C1. The molecule has 1 N–H and O–H groups in total. The zero-order valence-electron chi connectivity index (χ0n) is 12.7. The number of rotatable bonds is 5. The van der Waals surface area contributed by atoms with E-state index in [2.05, 4.69) is 49.9 Å². The Morgan fingerprint density at radius 3 is 2.40 bits per heavy atom. The van der Waals surface area contributed by atoms with Gasteiger partial charge in [-0.05, 0) is 17.4 Å². The van der Waals surface area contributed by atoms with Crippen LogP contribution in [-0.4, -0.2) is 35.1 Å². The molecule has 1 aliphatic heterocycles. The van der Waals surface area contributed by atoms with Crippen molar-refractivity contribution >= 4 is 5.97 Å². The first kappa shape index (κ1) is 15.0. The van der Waals surface area contributed by atoms with E-state index in [0.29, 0.717) is 5.92 Å². The number of hydrogen-bond acceptors (Lipinski definition) is 2. The maximum Gasteiger partial charge on any atom is 0.304 e. The van der Waals surface area contributed by atoms with Crippen LogP contribution in [0, 0.1) is 5.41 Å². The van der Waals surface area contributed by atoms with E-state index in [-0.39, 0.29) is 17.9 Å². The first-order valence-electron chi connectivity index (χ1n) is 7.36. The van der Waals surface area contributed by atoms with Crippen molar-refractivity contribution < 1.29 is 9.90 Å². The normalized spacial score (nSPS) is 18.6. The van der Waals surface area contributed by atoms with E-state index in [0.717, 1.165) is 19.5 Å². The molecule has 1 saturated heterocycles. The van der Waals surface area contributed by atoms with Gasteiger partial charge in [-0.25, -0.2) is 0 Å². The summed E-state index contributed by atoms with van der Waals surface area (Å²) in [6, 6.07) is 10.7. The Morgan fingerprint density at radius 2 is 1.90 bits per heavy atom. The number of benzene rings is 1. The van der Waals surface area contributed by atoms with Gasteiger partial charge in [0.1, 0.15) is 0 Å². The maximum absolute atomic E-state index is 11.1. The second kappa shape index (κ2) is 5.96. The molecule has 20 heavy (non-hydrogen) atoms. The summed E-state index contributed by atoms with van der Waals surface area (Å²) in [5.74, 6) is -0.130. The highest BCUT2D eigenvalue weighted by atomic mass is 16.4. The van der Waals surface area contributed by atoms with Crippen molar-refractivity contribution in [3.8, 4) is 0 Å². The van der Waals surface area contributed by atoms with Crippen LogP contribution in [-0.2, 0) is 4.79 Å². The van der Waals surface area contributed by atoms with E-state index in [1.807, 2.05) is 6.07 Å². The standard InChI is InChI=1S/C17H25NO2/c1-17(2,3)10-15(9-16(19)20)18-11-14(12-18)13-7-5-4-6-8-13/h4-8,14-15H,9-12H2,1-3H3,(H,19,20). The Morgan fingerprint density at radius 1 is 1.30 bits per heavy atom. The predicted octanol–water partition coefficient (Wildman–Crippen LogP) is 3.37. The molecule has 3 heteroatoms. The lowest BCUT2D eigenvalue weighted by molar-refractivity contribution is -0.139. The fourth-order valence-corrected chi connectivity index (χ4v) is 2.99. The van der Waals surface area contributed by atoms with E-state index in [4.69, 9.17) is 5.11 Å². The van der Waals surface area contributed by atoms with Crippen LogP contribution in [0.2, 0.25) is 0 Å². The third-order valence-electron chi connectivity index (χ3n) is 3.96. The minimum Gasteiger partial charge on any atom is -0.481 e. The number of carbonyl (C=O) groups is 1. The average molecular weight is 275 g/mol. The molecule has 1 aromatic carbocycles. The molecule has 0 spiro atoms. The van der Waals surface area contributed by atoms with E-state index in [1.54, 1.807) is 0 Å². The minimum absolute atomic E-state index is 0.160. The number of aliphatic carboxylic acids is 1. The van der Waals surface area contributed by atoms with Gasteiger partial charge in [0.2, 0.25) is 0 Å². The highest BCUT2D eigenvalue weighted by Crippen LogP contribution is 2.33. The molecule has 1 heterocycles. The van der Waals surface area contributed by atoms with Crippen LogP contribution in [0.1, 0.15) is 45.1 Å². The molecule has 0 amide bonds. The van der Waals surface area contributed by atoms with Crippen molar-refractivity contribution in [2.45, 2.75) is 45.6 Å². The van der Waals surface area contributed by atoms with Crippen LogP contribution in [0.15, 0.2) is 30.3 Å². The average Bonchev–Trinajstić information content (AvgIpc) is 2.25. The second-order valence-electron chi connectivity index (χ2n) is 7.08. The summed E-state index contributed by atoms with van der Waals surface area (Å²) >= 11 is 0. The third-order valence-corrected chi connectivity index (χ3v) is 3.96. The molecule has 1 atom stereocenters. The molecule has 1 aromatic rings. The molecule has 110 valence electrons. The summed E-state index contributed by atoms with van der Waals surface area (Å²) in [6.45, 7) is 8.50. The second-order valence-corrected chi connectivity index (χ2v) is 7.08. The van der Waals surface area contributed by atoms with Gasteiger partial charge >= 0.3 is 5.97 Å². The highest BCUT2D eigenvalue weighted by molar-refractivity contribution is 5.67. The Hall–Kier alpha value is -1.35. The zero-order chi connectivity index (χ0) is 14.8. The Labute approximate surface area is 121 Å². The number of nitrogens with zero attached hydrogens (tertiary/aromatic N) is 1. The smallest absolute Gasteiger partial charge is 0.304 e. The van der Waals surface area contributed by atoms with Crippen LogP contribution in [0.5, 0.6) is 0 Å². The van der Waals surface area contributed by atoms with Crippen LogP contribution < -0.4 is 0 Å². The summed E-state index contributed by atoms with van der Waals surface area (Å²) in [4.78, 5) is 13.4. The first-order chi connectivity index (χ1) is 9.35. The first-order valence-corrected chi connectivity index (χ1v) is 7.36. The van der Waals surface area contributed by atoms with Gasteiger partial charge < -0.3 is 5.11 Å². The number of likely N-dealkylation sites (tertiary alicyclic amines) is 1. The number of carboxylic acid groups (broad SMARTS) is 1. The number of hydrogen-bond donors (Lipinski definition) is 1. The quantitative estimate of drug-likeness (QED) is 0.895. The van der Waals surface area contributed by atoms with Crippen molar-refractivity contribution in [3.63, 3.8) is 0 Å². The monoisotopic (exact) mass is 275 g/mol. The molecule has 2 rings (SSSR count). The number of carboxylic acids is 1. The van der Waals surface area contributed by atoms with Crippen molar-refractivity contribution in [1.82, 2.24) is 4.90 Å². The van der Waals surface area contributed by atoms with Crippen molar-refractivity contribution in [1.29, 1.82) is 0 Å². The highest BCUT2D eigenvalue weighted by Gasteiger charge is 2.35. The summed E-state index contributed by atoms with van der Waals surface area (Å²) in [6.07, 6.45) is 1.18. The van der Waals surface area contributed by atoms with Gasteiger partial charge in [0.05, 0.1) is 6.42 Å². The molecular weight excluding hydrogens is 250 g/mol. The lowest BCUT2D eigenvalue weighted by Gasteiger charge is -2.46. The molecule has 3 nitrogen and oxygen atoms in total.